The highest BCUT2D eigenvalue weighted by atomic mass is 16.5. The average Bonchev–Trinajstić information content (AvgIpc) is 3.36. The number of unbranched alkanes of at least 4 members (excludes halogenated alkanes) is 5. The number of benzene rings is 1. The summed E-state index contributed by atoms with van der Waals surface area (Å²) in [4.78, 5) is 43.9. The minimum atomic E-state index is -0.235. The van der Waals surface area contributed by atoms with Gasteiger partial charge in [-0.1, -0.05) is 37.8 Å². The molecule has 0 spiro atoms. The number of ether oxygens (including phenoxy) is 2. The van der Waals surface area contributed by atoms with Crippen molar-refractivity contribution in [3.63, 3.8) is 0 Å². The average molecular weight is 629 g/mol. The fourth-order valence-electron chi connectivity index (χ4n) is 5.73. The second-order valence-corrected chi connectivity index (χ2v) is 11.4. The summed E-state index contributed by atoms with van der Waals surface area (Å²) < 4.78 is 13.6. The summed E-state index contributed by atoms with van der Waals surface area (Å²) in [7, 11) is 3.29. The molecule has 12 nitrogen and oxygen atoms in total. The molecule has 0 radical (unpaired) electrons. The van der Waals surface area contributed by atoms with Crippen LogP contribution in [-0.4, -0.2) is 82.1 Å². The Labute approximate surface area is 269 Å². The molecular weight excluding hydrogens is 584 g/mol. The molecule has 0 bridgehead atoms. The third kappa shape index (κ3) is 7.92. The van der Waals surface area contributed by atoms with Crippen LogP contribution in [0.15, 0.2) is 66.1 Å². The summed E-state index contributed by atoms with van der Waals surface area (Å²) in [5.74, 6) is 1.54. The van der Waals surface area contributed by atoms with Crippen molar-refractivity contribution in [1.29, 1.82) is 0 Å². The quantitative estimate of drug-likeness (QED) is 0.136. The largest absolute Gasteiger partial charge is 0.481 e. The lowest BCUT2D eigenvalue weighted by Crippen LogP contribution is -2.48. The molecule has 0 unspecified atom stereocenters. The number of rotatable bonds is 16. The van der Waals surface area contributed by atoms with Crippen LogP contribution < -0.4 is 20.5 Å². The Morgan fingerprint density at radius 3 is 2.41 bits per heavy atom. The van der Waals surface area contributed by atoms with Gasteiger partial charge in [0.1, 0.15) is 5.39 Å². The van der Waals surface area contributed by atoms with E-state index in [4.69, 9.17) is 14.5 Å². The molecule has 46 heavy (non-hydrogen) atoms. The van der Waals surface area contributed by atoms with Crippen LogP contribution >= 0.6 is 0 Å². The van der Waals surface area contributed by atoms with E-state index in [-0.39, 0.29) is 18.0 Å². The molecule has 0 atom stereocenters. The molecule has 12 heteroatoms. The number of hydrogen-bond acceptors (Lipinski definition) is 9. The van der Waals surface area contributed by atoms with Gasteiger partial charge in [-0.3, -0.25) is 9.59 Å². The fourth-order valence-corrected chi connectivity index (χ4v) is 5.73. The Morgan fingerprint density at radius 1 is 0.957 bits per heavy atom. The molecule has 1 aromatic carbocycles. The number of allylic oxidation sites excluding steroid dienone is 1. The lowest BCUT2D eigenvalue weighted by Gasteiger charge is -2.36. The number of nitrogens with one attached hydrogen (secondary N) is 1. The van der Waals surface area contributed by atoms with Crippen LogP contribution in [0, 0.1) is 0 Å². The molecule has 1 saturated heterocycles. The minimum absolute atomic E-state index is 0.235. The molecule has 5 rings (SSSR count). The van der Waals surface area contributed by atoms with E-state index >= 15 is 0 Å². The maximum atomic E-state index is 13.2. The number of nitrogens with zero attached hydrogens (tertiary/aromatic N) is 7. The first-order chi connectivity index (χ1) is 22.5. The second-order valence-electron chi connectivity index (χ2n) is 11.4. The van der Waals surface area contributed by atoms with Gasteiger partial charge in [0, 0.05) is 70.0 Å². The molecule has 244 valence electrons. The van der Waals surface area contributed by atoms with E-state index in [9.17, 15) is 9.59 Å². The van der Waals surface area contributed by atoms with Crippen molar-refractivity contribution >= 4 is 34.3 Å². The van der Waals surface area contributed by atoms with Crippen LogP contribution in [-0.2, 0) is 16.1 Å². The molecule has 1 aliphatic rings. The molecule has 1 N–H and O–H groups in total. The molecule has 0 aliphatic carbocycles. The topological polar surface area (TPSA) is 120 Å². The predicted octanol–water partition coefficient (Wildman–Crippen LogP) is 4.94. The minimum Gasteiger partial charge on any atom is -0.481 e. The van der Waals surface area contributed by atoms with Gasteiger partial charge in [0.25, 0.3) is 5.56 Å². The first kappa shape index (κ1) is 32.7. The standard InChI is InChI=1S/C34H44N8O4/c1-4-19-41-33(44)28-25-35-34(38-32(28)42(41)29-12-11-13-30(37-29)46-3)36-26-15-17-27(18-16-26)39-20-22-40(23-21-39)31(43)14-9-7-5-6-8-10-24-45-2/h4,11-13,15-18,25H,1,5-10,14,19-24H2,2-3H3,(H,35,36,38). The van der Waals surface area contributed by atoms with Crippen LogP contribution in [0.4, 0.5) is 17.3 Å². The Morgan fingerprint density at radius 2 is 1.70 bits per heavy atom. The van der Waals surface area contributed by atoms with Crippen molar-refractivity contribution in [1.82, 2.24) is 29.2 Å². The number of pyridine rings is 1. The maximum absolute atomic E-state index is 13.2. The highest BCUT2D eigenvalue weighted by Gasteiger charge is 2.21. The Kier molecular flexibility index (Phi) is 11.4. The second kappa shape index (κ2) is 16.0. The molecular formula is C34H44N8O4. The fraction of sp³-hybridized carbons (Fsp3) is 0.441. The van der Waals surface area contributed by atoms with Crippen LogP contribution in [0.1, 0.15) is 44.9 Å². The van der Waals surface area contributed by atoms with E-state index in [1.54, 1.807) is 37.1 Å². The number of carbonyl (C=O) groups is 1. The smallest absolute Gasteiger partial charge is 0.278 e. The number of fused-ring (bicyclic) bond motifs is 1. The first-order valence-electron chi connectivity index (χ1n) is 16.0. The van der Waals surface area contributed by atoms with Crippen molar-refractivity contribution in [2.75, 3.05) is 57.2 Å². The maximum Gasteiger partial charge on any atom is 0.278 e. The van der Waals surface area contributed by atoms with Gasteiger partial charge in [0.05, 0.1) is 13.7 Å². The van der Waals surface area contributed by atoms with Gasteiger partial charge in [-0.25, -0.2) is 14.3 Å². The third-order valence-electron chi connectivity index (χ3n) is 8.22. The molecule has 4 heterocycles. The van der Waals surface area contributed by atoms with Crippen LogP contribution in [0.5, 0.6) is 5.88 Å². The third-order valence-corrected chi connectivity index (χ3v) is 8.22. The van der Waals surface area contributed by atoms with Gasteiger partial charge in [-0.2, -0.15) is 9.97 Å². The summed E-state index contributed by atoms with van der Waals surface area (Å²) in [6.07, 6.45) is 10.6. The summed E-state index contributed by atoms with van der Waals surface area (Å²) in [6.45, 7) is 7.98. The lowest BCUT2D eigenvalue weighted by atomic mass is 10.1. The monoisotopic (exact) mass is 628 g/mol. The van der Waals surface area contributed by atoms with Crippen molar-refractivity contribution in [3.05, 3.63) is 71.7 Å². The molecule has 0 saturated carbocycles. The van der Waals surface area contributed by atoms with Crippen LogP contribution in [0.25, 0.3) is 16.9 Å². The SMILES string of the molecule is C=CCn1c(=O)c2cnc(Nc3ccc(N4CCN(C(=O)CCCCCCCCOC)CC4)cc3)nc2n1-c1cccc(OC)n1. The van der Waals surface area contributed by atoms with E-state index in [0.29, 0.717) is 35.1 Å². The number of amides is 1. The highest BCUT2D eigenvalue weighted by molar-refractivity contribution is 5.77. The van der Waals surface area contributed by atoms with Crippen molar-refractivity contribution in [2.24, 2.45) is 0 Å². The number of aromatic nitrogens is 5. The van der Waals surface area contributed by atoms with E-state index < -0.39 is 0 Å². The molecule has 1 fully saturated rings. The van der Waals surface area contributed by atoms with Gasteiger partial charge >= 0.3 is 0 Å². The van der Waals surface area contributed by atoms with E-state index in [1.165, 1.54) is 30.1 Å². The normalized spacial score (nSPS) is 13.3. The molecule has 1 aliphatic heterocycles. The van der Waals surface area contributed by atoms with Gasteiger partial charge in [-0.15, -0.1) is 6.58 Å². The van der Waals surface area contributed by atoms with Gasteiger partial charge < -0.3 is 24.6 Å². The molecule has 4 aromatic rings. The zero-order valence-electron chi connectivity index (χ0n) is 26.9. The predicted molar refractivity (Wildman–Crippen MR) is 180 cm³/mol. The summed E-state index contributed by atoms with van der Waals surface area (Å²) >= 11 is 0. The molecule has 1 amide bonds. The van der Waals surface area contributed by atoms with Crippen molar-refractivity contribution in [2.45, 2.75) is 51.5 Å². The number of anilines is 3. The Hall–Kier alpha value is -4.71. The first-order valence-corrected chi connectivity index (χ1v) is 16.0. The summed E-state index contributed by atoms with van der Waals surface area (Å²) in [6, 6.07) is 13.4. The van der Waals surface area contributed by atoms with E-state index in [0.717, 1.165) is 63.4 Å². The number of methoxy groups -OCH3 is 2. The van der Waals surface area contributed by atoms with E-state index in [1.807, 2.05) is 23.1 Å². The number of hydrogen-bond donors (Lipinski definition) is 1. The van der Waals surface area contributed by atoms with Gasteiger partial charge in [-0.05, 0) is 43.2 Å². The Balaban J connectivity index is 1.18. The van der Waals surface area contributed by atoms with E-state index in [2.05, 4.69) is 38.9 Å². The summed E-state index contributed by atoms with van der Waals surface area (Å²) in [5, 5.41) is 3.64. The summed E-state index contributed by atoms with van der Waals surface area (Å²) in [5.41, 5.74) is 2.10. The van der Waals surface area contributed by atoms with Crippen molar-refractivity contribution < 1.29 is 14.3 Å². The zero-order valence-corrected chi connectivity index (χ0v) is 26.9. The van der Waals surface area contributed by atoms with Crippen molar-refractivity contribution in [3.8, 4) is 11.7 Å². The van der Waals surface area contributed by atoms with Crippen LogP contribution in [0.2, 0.25) is 0 Å². The highest BCUT2D eigenvalue weighted by Crippen LogP contribution is 2.23. The number of carbonyl (C=O) groups excluding carboxylic acids is 1. The molecule has 3 aromatic heterocycles. The van der Waals surface area contributed by atoms with Crippen LogP contribution in [0.3, 0.4) is 0 Å². The zero-order chi connectivity index (χ0) is 32.3. The van der Waals surface area contributed by atoms with Gasteiger partial charge in [0.15, 0.2) is 11.5 Å². The van der Waals surface area contributed by atoms with Gasteiger partial charge in [0.2, 0.25) is 17.7 Å². The lowest BCUT2D eigenvalue weighted by molar-refractivity contribution is -0.131. The Bertz CT molecular complexity index is 1660. The number of piperazine rings is 1.